The zero-order valence-corrected chi connectivity index (χ0v) is 11.1. The van der Waals surface area contributed by atoms with Gasteiger partial charge < -0.3 is 19.6 Å². The number of aromatic nitrogens is 1. The summed E-state index contributed by atoms with van der Waals surface area (Å²) in [5.74, 6) is -0.703. The van der Waals surface area contributed by atoms with Gasteiger partial charge in [0.15, 0.2) is 5.76 Å². The monoisotopic (exact) mass is 269 g/mol. The molecule has 2 unspecified atom stereocenters. The molecular formula is C12H19N3O4. The molecule has 0 radical (unpaired) electrons. The van der Waals surface area contributed by atoms with Gasteiger partial charge in [0.1, 0.15) is 5.56 Å². The van der Waals surface area contributed by atoms with E-state index < -0.39 is 5.97 Å². The Balaban J connectivity index is 2.08. The largest absolute Gasteiger partial charge is 0.478 e. The van der Waals surface area contributed by atoms with Gasteiger partial charge in [-0.25, -0.2) is 4.79 Å². The van der Waals surface area contributed by atoms with Gasteiger partial charge in [-0.3, -0.25) is 4.90 Å². The third kappa shape index (κ3) is 3.31. The molecule has 7 heteroatoms. The van der Waals surface area contributed by atoms with E-state index in [9.17, 15) is 9.90 Å². The molecule has 1 aliphatic heterocycles. The van der Waals surface area contributed by atoms with Crippen LogP contribution in [0.5, 0.6) is 0 Å². The Labute approximate surface area is 111 Å². The van der Waals surface area contributed by atoms with E-state index in [-0.39, 0.29) is 17.7 Å². The molecule has 2 atom stereocenters. The van der Waals surface area contributed by atoms with Gasteiger partial charge in [-0.2, -0.15) is 0 Å². The Morgan fingerprint density at radius 1 is 1.63 bits per heavy atom. The number of aliphatic hydroxyl groups is 1. The fourth-order valence-corrected chi connectivity index (χ4v) is 2.50. The van der Waals surface area contributed by atoms with E-state index in [1.54, 1.807) is 0 Å². The van der Waals surface area contributed by atoms with Gasteiger partial charge in [0.05, 0.1) is 18.8 Å². The molecule has 1 aromatic rings. The lowest BCUT2D eigenvalue weighted by molar-refractivity contribution is 0.0691. The minimum absolute atomic E-state index is 0.0880. The van der Waals surface area contributed by atoms with Gasteiger partial charge in [-0.15, -0.1) is 0 Å². The highest BCUT2D eigenvalue weighted by Gasteiger charge is 2.32. The normalized spacial score (nSPS) is 24.2. The van der Waals surface area contributed by atoms with Crippen molar-refractivity contribution in [3.8, 4) is 0 Å². The average Bonchev–Trinajstić information content (AvgIpc) is 2.86. The summed E-state index contributed by atoms with van der Waals surface area (Å²) < 4.78 is 5.01. The predicted octanol–water partition coefficient (Wildman–Crippen LogP) is -0.130. The number of aromatic carboxylic acids is 1. The Bertz CT molecular complexity index is 446. The minimum atomic E-state index is -1.04. The number of carbonyl (C=O) groups is 1. The van der Waals surface area contributed by atoms with Crippen LogP contribution in [0.4, 0.5) is 0 Å². The van der Waals surface area contributed by atoms with Crippen molar-refractivity contribution in [2.45, 2.75) is 25.1 Å². The van der Waals surface area contributed by atoms with Gasteiger partial charge in [0.25, 0.3) is 0 Å². The van der Waals surface area contributed by atoms with Crippen LogP contribution in [0.2, 0.25) is 0 Å². The highest BCUT2D eigenvalue weighted by molar-refractivity contribution is 5.88. The summed E-state index contributed by atoms with van der Waals surface area (Å²) in [6.07, 6.45) is 1.53. The van der Waals surface area contributed by atoms with Gasteiger partial charge in [-0.1, -0.05) is 5.16 Å². The van der Waals surface area contributed by atoms with Crippen molar-refractivity contribution in [2.24, 2.45) is 0 Å². The highest BCUT2D eigenvalue weighted by Crippen LogP contribution is 2.22. The quantitative estimate of drug-likeness (QED) is 0.769. The van der Waals surface area contributed by atoms with Crippen molar-refractivity contribution in [1.29, 1.82) is 0 Å². The molecule has 7 nitrogen and oxygen atoms in total. The van der Waals surface area contributed by atoms with Gasteiger partial charge in [0.2, 0.25) is 0 Å². The summed E-state index contributed by atoms with van der Waals surface area (Å²) in [6.45, 7) is 1.70. The number of aliphatic hydroxyl groups excluding tert-OH is 1. The summed E-state index contributed by atoms with van der Waals surface area (Å²) in [6, 6.07) is 0.191. The number of carboxylic acid groups (broad SMARTS) is 1. The first kappa shape index (κ1) is 14.0. The lowest BCUT2D eigenvalue weighted by Gasteiger charge is -2.25. The molecule has 0 aliphatic carbocycles. The molecule has 0 bridgehead atoms. The molecule has 1 aliphatic rings. The Hall–Kier alpha value is -1.44. The van der Waals surface area contributed by atoms with E-state index in [0.29, 0.717) is 25.3 Å². The lowest BCUT2D eigenvalue weighted by atomic mass is 10.2. The van der Waals surface area contributed by atoms with E-state index in [2.05, 4.69) is 5.16 Å². The van der Waals surface area contributed by atoms with Crippen LogP contribution in [0.1, 0.15) is 22.5 Å². The highest BCUT2D eigenvalue weighted by atomic mass is 16.5. The van der Waals surface area contributed by atoms with Crippen molar-refractivity contribution in [2.75, 3.05) is 27.2 Å². The third-order valence-electron chi connectivity index (χ3n) is 3.30. The van der Waals surface area contributed by atoms with Crippen molar-refractivity contribution in [3.63, 3.8) is 0 Å². The van der Waals surface area contributed by atoms with Crippen LogP contribution < -0.4 is 0 Å². The summed E-state index contributed by atoms with van der Waals surface area (Å²) >= 11 is 0. The van der Waals surface area contributed by atoms with Gasteiger partial charge >= 0.3 is 5.97 Å². The number of likely N-dealkylation sites (tertiary alicyclic amines) is 1. The number of hydrogen-bond acceptors (Lipinski definition) is 6. The molecule has 0 spiro atoms. The van der Waals surface area contributed by atoms with Crippen molar-refractivity contribution >= 4 is 5.97 Å². The Kier molecular flexibility index (Phi) is 4.18. The first-order valence-corrected chi connectivity index (χ1v) is 6.21. The first-order valence-electron chi connectivity index (χ1n) is 6.21. The molecule has 106 valence electrons. The summed E-state index contributed by atoms with van der Waals surface area (Å²) in [7, 11) is 3.94. The molecule has 2 heterocycles. The maximum atomic E-state index is 11.0. The first-order chi connectivity index (χ1) is 8.97. The van der Waals surface area contributed by atoms with Crippen LogP contribution in [-0.2, 0) is 6.54 Å². The average molecular weight is 269 g/mol. The van der Waals surface area contributed by atoms with E-state index in [0.717, 1.165) is 6.54 Å². The second-order valence-corrected chi connectivity index (χ2v) is 5.20. The van der Waals surface area contributed by atoms with Crippen molar-refractivity contribution in [1.82, 2.24) is 15.0 Å². The van der Waals surface area contributed by atoms with E-state index >= 15 is 0 Å². The molecule has 0 saturated carbocycles. The predicted molar refractivity (Wildman–Crippen MR) is 66.8 cm³/mol. The number of β-amino-alcohol motifs (C(OH)–C–C–N with tert-alkyl or cyclic N) is 1. The maximum Gasteiger partial charge on any atom is 0.341 e. The SMILES string of the molecule is CN(C)CC1CC(O)CN1Cc1oncc1C(=O)O. The van der Waals surface area contributed by atoms with Gasteiger partial charge in [-0.05, 0) is 20.5 Å². The van der Waals surface area contributed by atoms with E-state index in [1.807, 2.05) is 23.9 Å². The Morgan fingerprint density at radius 3 is 3.00 bits per heavy atom. The van der Waals surface area contributed by atoms with Crippen LogP contribution >= 0.6 is 0 Å². The van der Waals surface area contributed by atoms with E-state index in [4.69, 9.17) is 9.63 Å². The second kappa shape index (κ2) is 5.68. The lowest BCUT2D eigenvalue weighted by Crippen LogP contribution is -2.37. The molecule has 1 aromatic heterocycles. The standard InChI is InChI=1S/C12H19N3O4/c1-14(2)5-8-3-9(16)6-15(8)7-11-10(12(17)18)4-13-19-11/h4,8-9,16H,3,5-7H2,1-2H3,(H,17,18). The van der Waals surface area contributed by atoms with Crippen LogP contribution in [0.3, 0.4) is 0 Å². The topological polar surface area (TPSA) is 90.0 Å². The van der Waals surface area contributed by atoms with Crippen LogP contribution in [0.15, 0.2) is 10.7 Å². The van der Waals surface area contributed by atoms with Crippen molar-refractivity contribution < 1.29 is 19.5 Å². The number of rotatable bonds is 5. The fourth-order valence-electron chi connectivity index (χ4n) is 2.50. The van der Waals surface area contributed by atoms with Crippen molar-refractivity contribution in [3.05, 3.63) is 17.5 Å². The number of nitrogens with zero attached hydrogens (tertiary/aromatic N) is 3. The Morgan fingerprint density at radius 2 is 2.37 bits per heavy atom. The molecule has 2 rings (SSSR count). The molecule has 1 fully saturated rings. The van der Waals surface area contributed by atoms with Crippen LogP contribution in [0.25, 0.3) is 0 Å². The summed E-state index contributed by atoms with van der Waals surface area (Å²) in [4.78, 5) is 15.1. The summed E-state index contributed by atoms with van der Waals surface area (Å²) in [5.41, 5.74) is 0.0880. The third-order valence-corrected chi connectivity index (χ3v) is 3.30. The second-order valence-electron chi connectivity index (χ2n) is 5.20. The maximum absolute atomic E-state index is 11.0. The molecule has 2 N–H and O–H groups in total. The minimum Gasteiger partial charge on any atom is -0.478 e. The molecule has 0 amide bonds. The van der Waals surface area contributed by atoms with Crippen LogP contribution in [-0.4, -0.2) is 70.5 Å². The fraction of sp³-hybridized carbons (Fsp3) is 0.667. The molecule has 19 heavy (non-hydrogen) atoms. The van der Waals surface area contributed by atoms with Crippen LogP contribution in [0, 0.1) is 0 Å². The molecule has 1 saturated heterocycles. The molecule has 0 aromatic carbocycles. The number of likely N-dealkylation sites (N-methyl/N-ethyl adjacent to an activating group) is 1. The zero-order chi connectivity index (χ0) is 14.0. The smallest absolute Gasteiger partial charge is 0.341 e. The summed E-state index contributed by atoms with van der Waals surface area (Å²) in [5, 5.41) is 22.3. The molecular weight excluding hydrogens is 250 g/mol. The van der Waals surface area contributed by atoms with E-state index in [1.165, 1.54) is 6.20 Å². The number of carboxylic acids is 1. The zero-order valence-electron chi connectivity index (χ0n) is 11.1. The number of hydrogen-bond donors (Lipinski definition) is 2. The van der Waals surface area contributed by atoms with Gasteiger partial charge in [0, 0.05) is 19.1 Å².